The number of hydrogen-bond donors (Lipinski definition) is 1. The predicted octanol–water partition coefficient (Wildman–Crippen LogP) is 4.27. The fraction of sp³-hybridized carbons (Fsp3) is 0.333. The van der Waals surface area contributed by atoms with Crippen molar-refractivity contribution in [2.75, 3.05) is 5.75 Å². The van der Waals surface area contributed by atoms with E-state index in [0.717, 1.165) is 17.5 Å². The lowest BCUT2D eigenvalue weighted by molar-refractivity contribution is 0.394. The number of hydrogen-bond acceptors (Lipinski definition) is 3. The van der Waals surface area contributed by atoms with Crippen LogP contribution in [0.4, 0.5) is 0 Å². The summed E-state index contributed by atoms with van der Waals surface area (Å²) in [6.45, 7) is 4.11. The number of allylic oxidation sites excluding steroid dienone is 1. The highest BCUT2D eigenvalue weighted by Crippen LogP contribution is 2.36. The van der Waals surface area contributed by atoms with Crippen LogP contribution in [0, 0.1) is 0 Å². The lowest BCUT2D eigenvalue weighted by atomic mass is 9.91. The highest BCUT2D eigenvalue weighted by molar-refractivity contribution is 7.91. The number of rotatable bonds is 4. The molecule has 1 N–H and O–H groups in total. The van der Waals surface area contributed by atoms with Crippen LogP contribution in [0.15, 0.2) is 71.6 Å². The molecule has 25 heavy (non-hydrogen) atoms. The Bertz CT molecular complexity index is 858. The second kappa shape index (κ2) is 7.14. The molecule has 0 bridgehead atoms. The molecule has 0 amide bonds. The molecule has 3 nitrogen and oxygen atoms in total. The highest BCUT2D eigenvalue weighted by Gasteiger charge is 2.40. The Hall–Kier alpha value is -1.91. The van der Waals surface area contributed by atoms with E-state index in [-0.39, 0.29) is 11.8 Å². The average molecular weight is 356 g/mol. The molecule has 0 spiro atoms. The van der Waals surface area contributed by atoms with Crippen molar-refractivity contribution >= 4 is 9.84 Å². The second-order valence-electron chi connectivity index (χ2n) is 6.61. The average Bonchev–Trinajstić information content (AvgIpc) is 2.74. The largest absolute Gasteiger partial charge is 0.296 e. The molecule has 0 fully saturated rings. The van der Waals surface area contributed by atoms with Crippen LogP contribution < -0.4 is 5.32 Å². The number of sulfone groups is 1. The van der Waals surface area contributed by atoms with Gasteiger partial charge in [0, 0.05) is 0 Å². The van der Waals surface area contributed by atoms with Gasteiger partial charge in [0.1, 0.15) is 0 Å². The molecule has 0 saturated carbocycles. The summed E-state index contributed by atoms with van der Waals surface area (Å²) in [5, 5.41) is 3.68. The molecule has 0 saturated heterocycles. The molecular formula is C21H25NO2S. The summed E-state index contributed by atoms with van der Waals surface area (Å²) in [6.07, 6.45) is 5.70. The third kappa shape index (κ3) is 3.55. The Balaban J connectivity index is 2.22. The van der Waals surface area contributed by atoms with Gasteiger partial charge in [0.05, 0.1) is 22.2 Å². The van der Waals surface area contributed by atoms with Crippen LogP contribution in [0.2, 0.25) is 0 Å². The first-order valence-electron chi connectivity index (χ1n) is 8.83. The second-order valence-corrected chi connectivity index (χ2v) is 8.56. The Morgan fingerprint density at radius 3 is 2.44 bits per heavy atom. The van der Waals surface area contributed by atoms with Gasteiger partial charge in [-0.3, -0.25) is 5.32 Å². The van der Waals surface area contributed by atoms with E-state index in [4.69, 9.17) is 0 Å². The SMILES string of the molecule is CCC=CC1(CC)CS(=O)(=O)c2ccccc2C(c2ccccc2)N1. The van der Waals surface area contributed by atoms with E-state index in [1.54, 1.807) is 12.1 Å². The molecule has 1 aliphatic heterocycles. The normalized spacial score (nSPS) is 25.4. The molecule has 1 heterocycles. The fourth-order valence-corrected chi connectivity index (χ4v) is 5.54. The predicted molar refractivity (Wildman–Crippen MR) is 102 cm³/mol. The van der Waals surface area contributed by atoms with Gasteiger partial charge in [0.2, 0.25) is 0 Å². The van der Waals surface area contributed by atoms with Gasteiger partial charge in [-0.05, 0) is 30.0 Å². The minimum Gasteiger partial charge on any atom is -0.296 e. The number of nitrogens with one attached hydrogen (secondary N) is 1. The van der Waals surface area contributed by atoms with Crippen LogP contribution in [0.25, 0.3) is 0 Å². The molecule has 1 aliphatic rings. The molecular weight excluding hydrogens is 330 g/mol. The third-order valence-electron chi connectivity index (χ3n) is 4.88. The molecule has 4 heteroatoms. The minimum atomic E-state index is -3.38. The zero-order valence-corrected chi connectivity index (χ0v) is 15.6. The van der Waals surface area contributed by atoms with Crippen LogP contribution >= 0.6 is 0 Å². The molecule has 0 aromatic heterocycles. The van der Waals surface area contributed by atoms with E-state index in [1.165, 1.54) is 0 Å². The Kier molecular flexibility index (Phi) is 5.11. The van der Waals surface area contributed by atoms with Gasteiger partial charge in [-0.2, -0.15) is 0 Å². The van der Waals surface area contributed by atoms with Crippen LogP contribution in [0.5, 0.6) is 0 Å². The maximum Gasteiger partial charge on any atom is 0.180 e. The summed E-state index contributed by atoms with van der Waals surface area (Å²) in [7, 11) is -3.38. The van der Waals surface area contributed by atoms with Crippen molar-refractivity contribution in [1.82, 2.24) is 5.32 Å². The molecule has 2 unspecified atom stereocenters. The van der Waals surface area contributed by atoms with Gasteiger partial charge in [0.15, 0.2) is 9.84 Å². The monoisotopic (exact) mass is 355 g/mol. The molecule has 3 rings (SSSR count). The summed E-state index contributed by atoms with van der Waals surface area (Å²) in [6, 6.07) is 17.3. The van der Waals surface area contributed by atoms with Crippen molar-refractivity contribution in [1.29, 1.82) is 0 Å². The summed E-state index contributed by atoms with van der Waals surface area (Å²) < 4.78 is 26.3. The topological polar surface area (TPSA) is 46.2 Å². The summed E-state index contributed by atoms with van der Waals surface area (Å²) >= 11 is 0. The maximum absolute atomic E-state index is 13.1. The zero-order valence-electron chi connectivity index (χ0n) is 14.8. The Morgan fingerprint density at radius 1 is 1.08 bits per heavy atom. The smallest absolute Gasteiger partial charge is 0.180 e. The maximum atomic E-state index is 13.1. The quantitative estimate of drug-likeness (QED) is 0.833. The van der Waals surface area contributed by atoms with E-state index in [1.807, 2.05) is 43.3 Å². The van der Waals surface area contributed by atoms with Crippen molar-refractivity contribution in [3.05, 3.63) is 77.9 Å². The van der Waals surface area contributed by atoms with Gasteiger partial charge in [-0.25, -0.2) is 8.42 Å². The van der Waals surface area contributed by atoms with Crippen molar-refractivity contribution in [3.8, 4) is 0 Å². The zero-order chi connectivity index (χ0) is 17.9. The number of benzene rings is 2. The van der Waals surface area contributed by atoms with E-state index in [2.05, 4.69) is 30.4 Å². The summed E-state index contributed by atoms with van der Waals surface area (Å²) in [5.74, 6) is 0.0767. The van der Waals surface area contributed by atoms with E-state index >= 15 is 0 Å². The minimum absolute atomic E-state index is 0.0767. The summed E-state index contributed by atoms with van der Waals surface area (Å²) in [4.78, 5) is 0.441. The standard InChI is InChI=1S/C21H25NO2S/c1-3-5-15-21(4-2)16-25(23,24)19-14-10-9-13-18(19)20(22-21)17-11-7-6-8-12-17/h5-15,20,22H,3-4,16H2,1-2H3. The van der Waals surface area contributed by atoms with E-state index < -0.39 is 15.4 Å². The van der Waals surface area contributed by atoms with Crippen LogP contribution in [-0.4, -0.2) is 19.7 Å². The van der Waals surface area contributed by atoms with Crippen molar-refractivity contribution in [3.63, 3.8) is 0 Å². The van der Waals surface area contributed by atoms with Gasteiger partial charge in [-0.1, -0.05) is 74.5 Å². The Labute approximate surface area is 150 Å². The Morgan fingerprint density at radius 2 is 1.76 bits per heavy atom. The lowest BCUT2D eigenvalue weighted by Crippen LogP contribution is -2.48. The van der Waals surface area contributed by atoms with Gasteiger partial charge < -0.3 is 0 Å². The molecule has 0 radical (unpaired) electrons. The van der Waals surface area contributed by atoms with Crippen LogP contribution in [0.3, 0.4) is 0 Å². The van der Waals surface area contributed by atoms with Crippen molar-refractivity contribution in [2.24, 2.45) is 0 Å². The number of fused-ring (bicyclic) bond motifs is 1. The molecule has 2 atom stereocenters. The third-order valence-corrected chi connectivity index (χ3v) is 6.82. The van der Waals surface area contributed by atoms with Crippen LogP contribution in [-0.2, 0) is 9.84 Å². The van der Waals surface area contributed by atoms with Gasteiger partial charge in [-0.15, -0.1) is 0 Å². The first-order valence-corrected chi connectivity index (χ1v) is 10.5. The van der Waals surface area contributed by atoms with Gasteiger partial charge in [0.25, 0.3) is 0 Å². The molecule has 2 aromatic carbocycles. The molecule has 0 aliphatic carbocycles. The molecule has 132 valence electrons. The van der Waals surface area contributed by atoms with Gasteiger partial charge >= 0.3 is 0 Å². The van der Waals surface area contributed by atoms with Crippen molar-refractivity contribution < 1.29 is 8.42 Å². The van der Waals surface area contributed by atoms with E-state index in [9.17, 15) is 8.42 Å². The first kappa shape index (κ1) is 17.9. The van der Waals surface area contributed by atoms with Crippen molar-refractivity contribution in [2.45, 2.75) is 43.2 Å². The lowest BCUT2D eigenvalue weighted by Gasteiger charge is -2.33. The molecule has 2 aromatic rings. The highest BCUT2D eigenvalue weighted by atomic mass is 32.2. The summed E-state index contributed by atoms with van der Waals surface area (Å²) in [5.41, 5.74) is 1.33. The fourth-order valence-electron chi connectivity index (χ4n) is 3.50. The first-order chi connectivity index (χ1) is 12.0. The van der Waals surface area contributed by atoms with E-state index in [0.29, 0.717) is 11.3 Å². The van der Waals surface area contributed by atoms with Crippen LogP contribution in [0.1, 0.15) is 43.9 Å².